The highest BCUT2D eigenvalue weighted by Gasteiger charge is 2.07. The van der Waals surface area contributed by atoms with E-state index in [1.807, 2.05) is 16.9 Å². The molecule has 0 unspecified atom stereocenters. The topological polar surface area (TPSA) is 88.4 Å². The van der Waals surface area contributed by atoms with Crippen molar-refractivity contribution in [2.45, 2.75) is 19.9 Å². The minimum Gasteiger partial charge on any atom is -0.356 e. The third kappa shape index (κ3) is 6.55. The maximum absolute atomic E-state index is 11.4. The first-order valence-corrected chi connectivity index (χ1v) is 8.52. The maximum Gasteiger partial charge on any atom is 0.191 e. The molecular weight excluding hydrogens is 278 g/mol. The normalized spacial score (nSPS) is 12.4. The quantitative estimate of drug-likeness (QED) is 0.397. The van der Waals surface area contributed by atoms with E-state index in [2.05, 4.69) is 20.7 Å². The van der Waals surface area contributed by atoms with Gasteiger partial charge in [-0.25, -0.2) is 8.42 Å². The van der Waals surface area contributed by atoms with Crippen LogP contribution in [0.1, 0.15) is 13.3 Å². The van der Waals surface area contributed by atoms with Crippen molar-refractivity contribution in [1.29, 1.82) is 0 Å². The molecule has 0 saturated carbocycles. The van der Waals surface area contributed by atoms with Gasteiger partial charge in [0.05, 0.1) is 5.75 Å². The Morgan fingerprint density at radius 3 is 2.70 bits per heavy atom. The number of aliphatic imine (C=N–C) groups is 1. The van der Waals surface area contributed by atoms with Crippen molar-refractivity contribution in [1.82, 2.24) is 20.4 Å². The van der Waals surface area contributed by atoms with Crippen molar-refractivity contribution in [3.05, 3.63) is 18.5 Å². The fourth-order valence-electron chi connectivity index (χ4n) is 1.57. The van der Waals surface area contributed by atoms with Crippen LogP contribution in [0, 0.1) is 0 Å². The van der Waals surface area contributed by atoms with Gasteiger partial charge in [0, 0.05) is 44.8 Å². The summed E-state index contributed by atoms with van der Waals surface area (Å²) in [7, 11) is -1.27. The Balaban J connectivity index is 2.17. The summed E-state index contributed by atoms with van der Waals surface area (Å²) < 4.78 is 24.6. The number of aromatic nitrogens is 2. The molecule has 0 bridgehead atoms. The zero-order chi connectivity index (χ0) is 14.8. The Morgan fingerprint density at radius 1 is 1.35 bits per heavy atom. The van der Waals surface area contributed by atoms with E-state index in [1.165, 1.54) is 0 Å². The number of guanidine groups is 1. The summed E-state index contributed by atoms with van der Waals surface area (Å²) in [5, 5.41) is 10.2. The lowest BCUT2D eigenvalue weighted by molar-refractivity contribution is 0.570. The van der Waals surface area contributed by atoms with Gasteiger partial charge >= 0.3 is 0 Å². The van der Waals surface area contributed by atoms with Crippen molar-refractivity contribution < 1.29 is 8.42 Å². The van der Waals surface area contributed by atoms with Gasteiger partial charge in [0.15, 0.2) is 15.8 Å². The molecule has 0 atom stereocenters. The number of hydrogen-bond donors (Lipinski definition) is 2. The van der Waals surface area contributed by atoms with E-state index >= 15 is 0 Å². The maximum atomic E-state index is 11.4. The molecule has 1 heterocycles. The Morgan fingerprint density at radius 2 is 2.10 bits per heavy atom. The van der Waals surface area contributed by atoms with Crippen LogP contribution in [0.5, 0.6) is 0 Å². The molecule has 0 radical (unpaired) electrons. The molecule has 1 rings (SSSR count). The van der Waals surface area contributed by atoms with E-state index in [0.29, 0.717) is 12.5 Å². The monoisotopic (exact) mass is 301 g/mol. The van der Waals surface area contributed by atoms with Gasteiger partial charge in [-0.3, -0.25) is 9.67 Å². The second-order valence-corrected chi connectivity index (χ2v) is 6.76. The summed E-state index contributed by atoms with van der Waals surface area (Å²) in [4.78, 5) is 4.05. The van der Waals surface area contributed by atoms with Crippen molar-refractivity contribution in [2.75, 3.05) is 31.6 Å². The molecule has 1 aromatic rings. The number of nitrogens with one attached hydrogen (secondary N) is 2. The van der Waals surface area contributed by atoms with Crippen LogP contribution >= 0.6 is 0 Å². The first kappa shape index (κ1) is 16.5. The highest BCUT2D eigenvalue weighted by Crippen LogP contribution is 1.89. The molecule has 0 aliphatic rings. The molecule has 7 nitrogen and oxygen atoms in total. The molecule has 0 fully saturated rings. The van der Waals surface area contributed by atoms with E-state index in [0.717, 1.165) is 19.5 Å². The first-order chi connectivity index (χ1) is 9.57. The summed E-state index contributed by atoms with van der Waals surface area (Å²) in [6.07, 6.45) is 4.58. The standard InChI is InChI=1S/C12H23N5O2S/c1-3-20(18,19)11-8-15-12(13-2)14-6-4-9-17-10-5-7-16-17/h5,7,10H,3-4,6,8-9,11H2,1-2H3,(H2,13,14,15). The molecule has 0 aromatic carbocycles. The Bertz CT molecular complexity index is 496. The van der Waals surface area contributed by atoms with Crippen LogP contribution in [0.2, 0.25) is 0 Å². The van der Waals surface area contributed by atoms with Crippen LogP contribution in [-0.2, 0) is 16.4 Å². The van der Waals surface area contributed by atoms with Gasteiger partial charge in [0.1, 0.15) is 0 Å². The highest BCUT2D eigenvalue weighted by atomic mass is 32.2. The smallest absolute Gasteiger partial charge is 0.191 e. The van der Waals surface area contributed by atoms with Gasteiger partial charge in [0.25, 0.3) is 0 Å². The predicted molar refractivity (Wildman–Crippen MR) is 80.5 cm³/mol. The largest absolute Gasteiger partial charge is 0.356 e. The summed E-state index contributed by atoms with van der Waals surface area (Å²) >= 11 is 0. The van der Waals surface area contributed by atoms with Gasteiger partial charge in [-0.05, 0) is 12.5 Å². The third-order valence-corrected chi connectivity index (χ3v) is 4.49. The summed E-state index contributed by atoms with van der Waals surface area (Å²) in [5.74, 6) is 0.916. The van der Waals surface area contributed by atoms with Crippen molar-refractivity contribution in [3.8, 4) is 0 Å². The molecule has 8 heteroatoms. The van der Waals surface area contributed by atoms with Gasteiger partial charge in [-0.15, -0.1) is 0 Å². The second-order valence-electron chi connectivity index (χ2n) is 4.28. The molecule has 0 amide bonds. The van der Waals surface area contributed by atoms with Crippen LogP contribution in [0.3, 0.4) is 0 Å². The molecule has 1 aromatic heterocycles. The summed E-state index contributed by atoms with van der Waals surface area (Å²) in [5.41, 5.74) is 0. The first-order valence-electron chi connectivity index (χ1n) is 6.70. The molecule has 114 valence electrons. The molecule has 2 N–H and O–H groups in total. The molecule has 20 heavy (non-hydrogen) atoms. The van der Waals surface area contributed by atoms with Gasteiger partial charge in [-0.2, -0.15) is 5.10 Å². The lowest BCUT2D eigenvalue weighted by atomic mass is 10.4. The number of nitrogens with zero attached hydrogens (tertiary/aromatic N) is 3. The van der Waals surface area contributed by atoms with E-state index in [-0.39, 0.29) is 11.5 Å². The Kier molecular flexibility index (Phi) is 7.06. The number of sulfone groups is 1. The van der Waals surface area contributed by atoms with Crippen LogP contribution in [-0.4, -0.2) is 55.8 Å². The average Bonchev–Trinajstić information content (AvgIpc) is 2.94. The van der Waals surface area contributed by atoms with E-state index in [1.54, 1.807) is 20.2 Å². The molecule has 0 aliphatic heterocycles. The SMILES string of the molecule is CCS(=O)(=O)CCNC(=NC)NCCCn1cccn1. The number of rotatable bonds is 8. The average molecular weight is 301 g/mol. The summed E-state index contributed by atoms with van der Waals surface area (Å²) in [6, 6.07) is 1.89. The molecular formula is C12H23N5O2S. The van der Waals surface area contributed by atoms with Crippen LogP contribution in [0.4, 0.5) is 0 Å². The molecule has 0 saturated heterocycles. The Hall–Kier alpha value is -1.57. The van der Waals surface area contributed by atoms with Crippen molar-refractivity contribution in [2.24, 2.45) is 4.99 Å². The van der Waals surface area contributed by atoms with Gasteiger partial charge in [0.2, 0.25) is 0 Å². The fraction of sp³-hybridized carbons (Fsp3) is 0.667. The zero-order valence-corrected chi connectivity index (χ0v) is 12.9. The minimum absolute atomic E-state index is 0.123. The van der Waals surface area contributed by atoms with E-state index in [9.17, 15) is 8.42 Å². The van der Waals surface area contributed by atoms with Gasteiger partial charge < -0.3 is 10.6 Å². The fourth-order valence-corrected chi connectivity index (χ4v) is 2.27. The predicted octanol–water partition coefficient (Wildman–Crippen LogP) is -0.127. The third-order valence-electron chi connectivity index (χ3n) is 2.78. The Labute approximate surface area is 120 Å². The van der Waals surface area contributed by atoms with Crippen LogP contribution in [0.25, 0.3) is 0 Å². The molecule has 0 aliphatic carbocycles. The lowest BCUT2D eigenvalue weighted by Crippen LogP contribution is -2.40. The van der Waals surface area contributed by atoms with Crippen LogP contribution < -0.4 is 10.6 Å². The lowest BCUT2D eigenvalue weighted by Gasteiger charge is -2.11. The second kappa shape index (κ2) is 8.57. The van der Waals surface area contributed by atoms with E-state index in [4.69, 9.17) is 0 Å². The summed E-state index contributed by atoms with van der Waals surface area (Å²) in [6.45, 7) is 3.61. The zero-order valence-electron chi connectivity index (χ0n) is 12.0. The highest BCUT2D eigenvalue weighted by molar-refractivity contribution is 7.91. The van der Waals surface area contributed by atoms with Crippen LogP contribution in [0.15, 0.2) is 23.5 Å². The molecule has 0 spiro atoms. The van der Waals surface area contributed by atoms with Gasteiger partial charge in [-0.1, -0.05) is 6.92 Å². The minimum atomic E-state index is -2.94. The number of aryl methyl sites for hydroxylation is 1. The van der Waals surface area contributed by atoms with E-state index < -0.39 is 9.84 Å². The number of hydrogen-bond acceptors (Lipinski definition) is 4. The van der Waals surface area contributed by atoms with Crippen molar-refractivity contribution in [3.63, 3.8) is 0 Å². The van der Waals surface area contributed by atoms with Crippen molar-refractivity contribution >= 4 is 15.8 Å².